The van der Waals surface area contributed by atoms with Crippen LogP contribution in [-0.4, -0.2) is 29.5 Å². The molecule has 0 saturated carbocycles. The molecule has 1 amide bonds. The van der Waals surface area contributed by atoms with Crippen molar-refractivity contribution in [2.24, 2.45) is 0 Å². The third kappa shape index (κ3) is 4.70. The number of carbonyl (C=O) groups excluding carboxylic acids is 1. The van der Waals surface area contributed by atoms with E-state index in [0.29, 0.717) is 5.56 Å². The van der Waals surface area contributed by atoms with Crippen LogP contribution < -0.4 is 10.2 Å². The van der Waals surface area contributed by atoms with E-state index in [0.717, 1.165) is 35.6 Å². The first-order valence-electron chi connectivity index (χ1n) is 8.98. The molecule has 5 nitrogen and oxygen atoms in total. The summed E-state index contributed by atoms with van der Waals surface area (Å²) in [5.74, 6) is 0.646. The highest BCUT2D eigenvalue weighted by atomic mass is 16.1. The average Bonchev–Trinajstić information content (AvgIpc) is 2.70. The van der Waals surface area contributed by atoms with E-state index in [-0.39, 0.29) is 5.91 Å². The second-order valence-corrected chi connectivity index (χ2v) is 6.63. The first-order valence-corrected chi connectivity index (χ1v) is 8.98. The number of hydrogen-bond donors (Lipinski definition) is 1. The highest BCUT2D eigenvalue weighted by Crippen LogP contribution is 2.20. The van der Waals surface area contributed by atoms with Gasteiger partial charge in [0.25, 0.3) is 5.91 Å². The van der Waals surface area contributed by atoms with E-state index in [9.17, 15) is 4.79 Å². The first-order chi connectivity index (χ1) is 13.0. The van der Waals surface area contributed by atoms with Crippen LogP contribution in [0.2, 0.25) is 0 Å². The highest BCUT2D eigenvalue weighted by Gasteiger charge is 2.11. The monoisotopic (exact) mass is 360 g/mol. The molecule has 0 aliphatic rings. The van der Waals surface area contributed by atoms with Gasteiger partial charge in [-0.3, -0.25) is 9.78 Å². The van der Waals surface area contributed by atoms with E-state index >= 15 is 0 Å². The number of amides is 1. The fraction of sp³-hybridized carbons (Fsp3) is 0.227. The summed E-state index contributed by atoms with van der Waals surface area (Å²) in [5.41, 5.74) is 4.88. The van der Waals surface area contributed by atoms with Gasteiger partial charge >= 0.3 is 0 Å². The molecule has 0 aliphatic heterocycles. The normalized spacial score (nSPS) is 10.5. The maximum Gasteiger partial charge on any atom is 0.255 e. The molecule has 27 heavy (non-hydrogen) atoms. The molecule has 0 fully saturated rings. The standard InChI is InChI=1S/C22H24N4O/c1-16-5-4-6-20(17(16)2)25-22(27)19-9-13-24-21(15-19)26(3)14-10-18-7-11-23-12-8-18/h4-9,11-13,15H,10,14H2,1-3H3,(H,25,27). The Hall–Kier alpha value is -3.21. The minimum Gasteiger partial charge on any atom is -0.359 e. The van der Waals surface area contributed by atoms with Crippen LogP contribution >= 0.6 is 0 Å². The number of nitrogens with one attached hydrogen (secondary N) is 1. The fourth-order valence-electron chi connectivity index (χ4n) is 2.81. The zero-order chi connectivity index (χ0) is 19.2. The molecule has 2 aromatic heterocycles. The molecular formula is C22H24N4O. The van der Waals surface area contributed by atoms with Crippen molar-refractivity contribution in [1.82, 2.24) is 9.97 Å². The number of anilines is 2. The van der Waals surface area contributed by atoms with Crippen LogP contribution in [0.25, 0.3) is 0 Å². The molecular weight excluding hydrogens is 336 g/mol. The number of carbonyl (C=O) groups is 1. The van der Waals surface area contributed by atoms with Crippen molar-refractivity contribution in [2.45, 2.75) is 20.3 Å². The van der Waals surface area contributed by atoms with Gasteiger partial charge in [0, 0.05) is 43.4 Å². The van der Waals surface area contributed by atoms with E-state index in [1.807, 2.05) is 57.3 Å². The lowest BCUT2D eigenvalue weighted by Crippen LogP contribution is -2.22. The fourth-order valence-corrected chi connectivity index (χ4v) is 2.81. The molecule has 0 radical (unpaired) electrons. The number of likely N-dealkylation sites (N-methyl/N-ethyl adjacent to an activating group) is 1. The second kappa shape index (κ2) is 8.45. The molecule has 0 atom stereocenters. The number of benzene rings is 1. The van der Waals surface area contributed by atoms with Crippen LogP contribution in [0, 0.1) is 13.8 Å². The lowest BCUT2D eigenvalue weighted by molar-refractivity contribution is 0.102. The van der Waals surface area contributed by atoms with Crippen molar-refractivity contribution in [1.29, 1.82) is 0 Å². The Labute approximate surface area is 160 Å². The number of aromatic nitrogens is 2. The van der Waals surface area contributed by atoms with Gasteiger partial charge in [-0.25, -0.2) is 4.98 Å². The first kappa shape index (κ1) is 18.6. The predicted molar refractivity (Wildman–Crippen MR) is 109 cm³/mol. The predicted octanol–water partition coefficient (Wildman–Crippen LogP) is 4.02. The molecule has 2 heterocycles. The van der Waals surface area contributed by atoms with Crippen molar-refractivity contribution in [2.75, 3.05) is 23.8 Å². The van der Waals surface area contributed by atoms with Gasteiger partial charge in [-0.2, -0.15) is 0 Å². The van der Waals surface area contributed by atoms with Gasteiger partial charge in [0.15, 0.2) is 0 Å². The highest BCUT2D eigenvalue weighted by molar-refractivity contribution is 6.05. The number of nitrogens with zero attached hydrogens (tertiary/aromatic N) is 3. The van der Waals surface area contributed by atoms with Gasteiger partial charge in [-0.15, -0.1) is 0 Å². The minimum atomic E-state index is -0.130. The van der Waals surface area contributed by atoms with E-state index in [1.165, 1.54) is 5.56 Å². The Morgan fingerprint density at radius 1 is 1.07 bits per heavy atom. The Morgan fingerprint density at radius 3 is 2.63 bits per heavy atom. The summed E-state index contributed by atoms with van der Waals surface area (Å²) in [5, 5.41) is 3.00. The van der Waals surface area contributed by atoms with Gasteiger partial charge in [-0.05, 0) is 67.3 Å². The molecule has 138 valence electrons. The van der Waals surface area contributed by atoms with Crippen LogP contribution in [0.4, 0.5) is 11.5 Å². The summed E-state index contributed by atoms with van der Waals surface area (Å²) in [7, 11) is 1.98. The van der Waals surface area contributed by atoms with Gasteiger partial charge in [-0.1, -0.05) is 12.1 Å². The zero-order valence-electron chi connectivity index (χ0n) is 15.9. The van der Waals surface area contributed by atoms with Crippen molar-refractivity contribution in [3.05, 3.63) is 83.3 Å². The SMILES string of the molecule is Cc1cccc(NC(=O)c2ccnc(N(C)CCc3ccncc3)c2)c1C. The van der Waals surface area contributed by atoms with Gasteiger partial charge in [0.1, 0.15) is 5.82 Å². The summed E-state index contributed by atoms with van der Waals surface area (Å²) in [6, 6.07) is 13.5. The molecule has 0 unspecified atom stereocenters. The van der Waals surface area contributed by atoms with Crippen molar-refractivity contribution in [3.63, 3.8) is 0 Å². The minimum absolute atomic E-state index is 0.130. The maximum atomic E-state index is 12.7. The van der Waals surface area contributed by atoms with Crippen LogP contribution in [0.5, 0.6) is 0 Å². The molecule has 0 aliphatic carbocycles. The molecule has 5 heteroatoms. The summed E-state index contributed by atoms with van der Waals surface area (Å²) in [6.07, 6.45) is 6.16. The van der Waals surface area contributed by atoms with Crippen LogP contribution in [0.15, 0.2) is 61.1 Å². The quantitative estimate of drug-likeness (QED) is 0.721. The average molecular weight is 360 g/mol. The van der Waals surface area contributed by atoms with E-state index < -0.39 is 0 Å². The Balaban J connectivity index is 1.69. The number of rotatable bonds is 6. The lowest BCUT2D eigenvalue weighted by atomic mass is 10.1. The third-order valence-corrected chi connectivity index (χ3v) is 4.74. The number of aryl methyl sites for hydroxylation is 1. The summed E-state index contributed by atoms with van der Waals surface area (Å²) < 4.78 is 0. The van der Waals surface area contributed by atoms with Gasteiger partial charge in [0.2, 0.25) is 0 Å². The van der Waals surface area contributed by atoms with Crippen molar-refractivity contribution >= 4 is 17.4 Å². The molecule has 3 aromatic rings. The van der Waals surface area contributed by atoms with E-state index in [2.05, 4.69) is 20.2 Å². The Morgan fingerprint density at radius 2 is 1.85 bits per heavy atom. The van der Waals surface area contributed by atoms with Crippen LogP contribution in [0.1, 0.15) is 27.0 Å². The lowest BCUT2D eigenvalue weighted by Gasteiger charge is -2.19. The molecule has 0 spiro atoms. The molecule has 3 rings (SSSR count). The summed E-state index contributed by atoms with van der Waals surface area (Å²) >= 11 is 0. The van der Waals surface area contributed by atoms with Gasteiger partial charge in [0.05, 0.1) is 0 Å². The Kier molecular flexibility index (Phi) is 5.81. The van der Waals surface area contributed by atoms with Crippen molar-refractivity contribution in [3.8, 4) is 0 Å². The smallest absolute Gasteiger partial charge is 0.255 e. The second-order valence-electron chi connectivity index (χ2n) is 6.63. The van der Waals surface area contributed by atoms with E-state index in [1.54, 1.807) is 24.7 Å². The summed E-state index contributed by atoms with van der Waals surface area (Å²) in [4.78, 5) is 23.2. The third-order valence-electron chi connectivity index (χ3n) is 4.74. The van der Waals surface area contributed by atoms with Gasteiger partial charge < -0.3 is 10.2 Å². The number of hydrogen-bond acceptors (Lipinski definition) is 4. The van der Waals surface area contributed by atoms with Crippen LogP contribution in [-0.2, 0) is 6.42 Å². The number of pyridine rings is 2. The molecule has 1 N–H and O–H groups in total. The molecule has 0 bridgehead atoms. The largest absolute Gasteiger partial charge is 0.359 e. The molecule has 1 aromatic carbocycles. The molecule has 0 saturated heterocycles. The topological polar surface area (TPSA) is 58.1 Å². The Bertz CT molecular complexity index is 925. The maximum absolute atomic E-state index is 12.7. The van der Waals surface area contributed by atoms with Crippen LogP contribution in [0.3, 0.4) is 0 Å². The van der Waals surface area contributed by atoms with E-state index in [4.69, 9.17) is 0 Å². The zero-order valence-corrected chi connectivity index (χ0v) is 15.9. The summed E-state index contributed by atoms with van der Waals surface area (Å²) in [6.45, 7) is 4.85. The van der Waals surface area contributed by atoms with Crippen molar-refractivity contribution < 1.29 is 4.79 Å².